The molecule has 2 unspecified atom stereocenters. The van der Waals surface area contributed by atoms with Gasteiger partial charge >= 0.3 is 0 Å². The number of anilines is 2. The summed E-state index contributed by atoms with van der Waals surface area (Å²) in [5, 5.41) is 18.1. The Kier molecular flexibility index (Phi) is 17.6. The van der Waals surface area contributed by atoms with Gasteiger partial charge in [-0.2, -0.15) is 5.10 Å². The number of hydrogen-bond acceptors (Lipinski definition) is 6. The second-order valence-electron chi connectivity index (χ2n) is 10.6. The molecular formula is C36H50ClN7O. The molecule has 1 heterocycles. The molecule has 242 valence electrons. The van der Waals surface area contributed by atoms with Crippen molar-refractivity contribution in [3.63, 3.8) is 0 Å². The Hall–Kier alpha value is -4.43. The monoisotopic (exact) mass is 631 g/mol. The topological polar surface area (TPSA) is 121 Å². The molecule has 0 aliphatic carbocycles. The van der Waals surface area contributed by atoms with Crippen molar-refractivity contribution in [1.29, 1.82) is 5.41 Å². The maximum absolute atomic E-state index is 9.97. The number of aldehydes is 1. The largest absolute Gasteiger partial charge is 0.398 e. The first-order valence-corrected chi connectivity index (χ1v) is 15.4. The molecule has 3 rings (SSSR count). The maximum atomic E-state index is 9.97. The highest BCUT2D eigenvalue weighted by molar-refractivity contribution is 6.37. The Morgan fingerprint density at radius 3 is 2.33 bits per heavy atom. The summed E-state index contributed by atoms with van der Waals surface area (Å²) >= 11 is 6.29. The lowest BCUT2D eigenvalue weighted by atomic mass is 9.99. The van der Waals surface area contributed by atoms with Gasteiger partial charge in [-0.05, 0) is 55.4 Å². The van der Waals surface area contributed by atoms with E-state index in [1.807, 2.05) is 38.2 Å². The third-order valence-electron chi connectivity index (χ3n) is 7.36. The Morgan fingerprint density at radius 1 is 1.18 bits per heavy atom. The van der Waals surface area contributed by atoms with Gasteiger partial charge in [0, 0.05) is 56.1 Å². The molecule has 0 aliphatic heterocycles. The molecule has 0 amide bonds. The van der Waals surface area contributed by atoms with Crippen molar-refractivity contribution in [2.75, 3.05) is 25.1 Å². The number of carbonyl (C=O) groups excluding carboxylic acids is 1. The van der Waals surface area contributed by atoms with Crippen molar-refractivity contribution in [2.24, 2.45) is 23.9 Å². The third kappa shape index (κ3) is 12.6. The van der Waals surface area contributed by atoms with Gasteiger partial charge in [0.15, 0.2) is 6.29 Å². The molecule has 0 radical (unpaired) electrons. The average molecular weight is 632 g/mol. The van der Waals surface area contributed by atoms with Crippen LogP contribution in [0.15, 0.2) is 89.9 Å². The molecule has 0 bridgehead atoms. The van der Waals surface area contributed by atoms with E-state index in [0.29, 0.717) is 39.4 Å². The summed E-state index contributed by atoms with van der Waals surface area (Å²) in [6.07, 6.45) is 13.8. The number of rotatable bonds is 11. The van der Waals surface area contributed by atoms with E-state index >= 15 is 0 Å². The summed E-state index contributed by atoms with van der Waals surface area (Å²) in [5.74, 6) is 1.88. The summed E-state index contributed by atoms with van der Waals surface area (Å²) in [4.78, 5) is 14.3. The van der Waals surface area contributed by atoms with Gasteiger partial charge in [0.25, 0.3) is 0 Å². The smallest absolute Gasteiger partial charge is 0.153 e. The van der Waals surface area contributed by atoms with E-state index in [-0.39, 0.29) is 0 Å². The van der Waals surface area contributed by atoms with Crippen LogP contribution in [-0.4, -0.2) is 42.2 Å². The first-order valence-electron chi connectivity index (χ1n) is 15.0. The van der Waals surface area contributed by atoms with Crippen LogP contribution in [0.1, 0.15) is 67.6 Å². The number of nitrogens with two attached hydrogens (primary N) is 1. The molecular weight excluding hydrogens is 582 g/mol. The fourth-order valence-electron chi connectivity index (χ4n) is 3.98. The van der Waals surface area contributed by atoms with Gasteiger partial charge in [0.1, 0.15) is 5.84 Å². The second kappa shape index (κ2) is 20.5. The van der Waals surface area contributed by atoms with E-state index in [4.69, 9.17) is 22.7 Å². The van der Waals surface area contributed by atoms with E-state index < -0.39 is 0 Å². The fraction of sp³-hybridized carbons (Fsp3) is 0.333. The summed E-state index contributed by atoms with van der Waals surface area (Å²) < 4.78 is 1.59. The number of aliphatic imine (C=N–C) groups is 1. The molecule has 5 N–H and O–H groups in total. The van der Waals surface area contributed by atoms with E-state index in [1.165, 1.54) is 17.5 Å². The van der Waals surface area contributed by atoms with Gasteiger partial charge in [0.05, 0.1) is 22.5 Å². The molecule has 0 fully saturated rings. The standard InChI is InChI=1S/C16H17ClN4.C15H27N.C5H6N2O/c1-10-5-3-4-6-11(10)16(20-2)21-14-8-7-13(19)12(9-18)15(14)17;1-7-12(3)14(5)10-9-11-15(16-6)13(4)8-2;1-7-3-5(4-8)2-6-7/h3-9,18H,19H2,1-2H3,(H,20,21);9-13,16H,5,7-8H2,1-4,6H3;2-4H,1H3/b;10-9-,15-11+;. The zero-order valence-corrected chi connectivity index (χ0v) is 28.7. The van der Waals surface area contributed by atoms with Crippen LogP contribution in [0, 0.1) is 24.2 Å². The average Bonchev–Trinajstić information content (AvgIpc) is 3.48. The number of nitrogens with one attached hydrogen (secondary N) is 3. The van der Waals surface area contributed by atoms with Crippen molar-refractivity contribution in [3.8, 4) is 0 Å². The normalized spacial score (nSPS) is 12.6. The summed E-state index contributed by atoms with van der Waals surface area (Å²) in [6.45, 7) is 14.9. The lowest BCUT2D eigenvalue weighted by Gasteiger charge is -2.15. The highest BCUT2D eigenvalue weighted by Gasteiger charge is 2.12. The van der Waals surface area contributed by atoms with Gasteiger partial charge in [0.2, 0.25) is 0 Å². The Labute approximate surface area is 274 Å². The zero-order chi connectivity index (χ0) is 33.9. The van der Waals surface area contributed by atoms with Crippen LogP contribution in [0.25, 0.3) is 0 Å². The molecule has 3 aromatic rings. The van der Waals surface area contributed by atoms with E-state index in [9.17, 15) is 4.79 Å². The van der Waals surface area contributed by atoms with Crippen LogP contribution < -0.4 is 16.4 Å². The third-order valence-corrected chi connectivity index (χ3v) is 7.77. The van der Waals surface area contributed by atoms with Crippen molar-refractivity contribution >= 4 is 41.3 Å². The molecule has 9 heteroatoms. The number of carbonyl (C=O) groups is 1. The summed E-state index contributed by atoms with van der Waals surface area (Å²) in [7, 11) is 5.47. The van der Waals surface area contributed by atoms with Crippen molar-refractivity contribution < 1.29 is 4.79 Å². The van der Waals surface area contributed by atoms with Crippen LogP contribution >= 0.6 is 11.6 Å². The Balaban J connectivity index is 0.000000371. The van der Waals surface area contributed by atoms with Crippen LogP contribution in [0.4, 0.5) is 11.4 Å². The molecule has 0 spiro atoms. The first kappa shape index (κ1) is 38.6. The first-order chi connectivity index (χ1) is 21.5. The molecule has 1 aromatic heterocycles. The maximum Gasteiger partial charge on any atom is 0.153 e. The molecule has 0 aliphatic rings. The predicted molar refractivity (Wildman–Crippen MR) is 194 cm³/mol. The number of nitrogens with zero attached hydrogens (tertiary/aromatic N) is 3. The number of allylic oxidation sites excluding steroid dienone is 5. The summed E-state index contributed by atoms with van der Waals surface area (Å²) in [6, 6.07) is 11.5. The number of benzene rings is 2. The van der Waals surface area contributed by atoms with Gasteiger partial charge in [-0.1, -0.05) is 87.9 Å². The minimum Gasteiger partial charge on any atom is -0.398 e. The lowest BCUT2D eigenvalue weighted by Crippen LogP contribution is -2.15. The highest BCUT2D eigenvalue weighted by Crippen LogP contribution is 2.29. The fourth-order valence-corrected chi connectivity index (χ4v) is 4.25. The second-order valence-corrected chi connectivity index (χ2v) is 11.0. The number of hydrogen-bond donors (Lipinski definition) is 4. The van der Waals surface area contributed by atoms with Gasteiger partial charge < -0.3 is 21.8 Å². The highest BCUT2D eigenvalue weighted by atomic mass is 35.5. The predicted octanol–water partition coefficient (Wildman–Crippen LogP) is 8.24. The molecule has 0 saturated heterocycles. The van der Waals surface area contributed by atoms with Crippen LogP contribution in [0.2, 0.25) is 5.02 Å². The van der Waals surface area contributed by atoms with Gasteiger partial charge in [-0.15, -0.1) is 0 Å². The zero-order valence-electron chi connectivity index (χ0n) is 28.0. The van der Waals surface area contributed by atoms with Crippen LogP contribution in [0.5, 0.6) is 0 Å². The molecule has 2 atom stereocenters. The SMILES string of the molecule is C=C(/C=C\C=C(\NC)C(C)CC)C(C)CC.CN=C(Nc1ccc(N)c(C=N)c1Cl)c1ccccc1C.Cn1cc(C=O)cn1. The number of amidine groups is 1. The number of aryl methyl sites for hydroxylation is 2. The number of nitrogen functional groups attached to an aromatic ring is 1. The van der Waals surface area contributed by atoms with Gasteiger partial charge in [-0.25, -0.2) is 0 Å². The molecule has 45 heavy (non-hydrogen) atoms. The van der Waals surface area contributed by atoms with E-state index in [2.05, 4.69) is 73.2 Å². The van der Waals surface area contributed by atoms with Crippen molar-refractivity contribution in [1.82, 2.24) is 15.1 Å². The molecule has 8 nitrogen and oxygen atoms in total. The minimum atomic E-state index is 0.416. The number of aromatic nitrogens is 2. The van der Waals surface area contributed by atoms with Crippen LogP contribution in [-0.2, 0) is 7.05 Å². The van der Waals surface area contributed by atoms with E-state index in [1.54, 1.807) is 37.1 Å². The Bertz CT molecular complexity index is 1490. The number of halogens is 1. The lowest BCUT2D eigenvalue weighted by molar-refractivity contribution is 0.112. The van der Waals surface area contributed by atoms with E-state index in [0.717, 1.165) is 42.3 Å². The van der Waals surface area contributed by atoms with Gasteiger partial charge in [-0.3, -0.25) is 14.5 Å². The molecule has 2 aromatic carbocycles. The minimum absolute atomic E-state index is 0.416. The molecule has 0 saturated carbocycles. The summed E-state index contributed by atoms with van der Waals surface area (Å²) in [5.41, 5.74) is 12.7. The Morgan fingerprint density at radius 2 is 1.84 bits per heavy atom. The van der Waals surface area contributed by atoms with Crippen LogP contribution in [0.3, 0.4) is 0 Å². The van der Waals surface area contributed by atoms with Crippen molar-refractivity contribution in [2.45, 2.75) is 47.5 Å². The quantitative estimate of drug-likeness (QED) is 0.0558. The van der Waals surface area contributed by atoms with Crippen molar-refractivity contribution in [3.05, 3.63) is 112 Å².